The van der Waals surface area contributed by atoms with Crippen LogP contribution in [-0.2, 0) is 10.0 Å². The van der Waals surface area contributed by atoms with Crippen LogP contribution in [0.2, 0.25) is 0 Å². The van der Waals surface area contributed by atoms with Crippen molar-refractivity contribution in [2.45, 2.75) is 10.9 Å². The number of hydrogen-bond donors (Lipinski definition) is 1. The van der Waals surface area contributed by atoms with E-state index in [1.807, 2.05) is 6.08 Å². The van der Waals surface area contributed by atoms with E-state index >= 15 is 0 Å². The van der Waals surface area contributed by atoms with E-state index in [1.54, 1.807) is 24.4 Å². The van der Waals surface area contributed by atoms with Crippen LogP contribution in [0.1, 0.15) is 0 Å². The van der Waals surface area contributed by atoms with Crippen molar-refractivity contribution in [3.05, 3.63) is 54.4 Å². The largest absolute Gasteiger partial charge is 0.486 e. The van der Waals surface area contributed by atoms with Crippen LogP contribution in [0.3, 0.4) is 0 Å². The van der Waals surface area contributed by atoms with E-state index < -0.39 is 10.0 Å². The van der Waals surface area contributed by atoms with Crippen molar-refractivity contribution < 1.29 is 17.9 Å². The molecule has 4 aliphatic rings. The third kappa shape index (κ3) is 2.97. The summed E-state index contributed by atoms with van der Waals surface area (Å²) in [4.78, 5) is 2.52. The highest BCUT2D eigenvalue weighted by molar-refractivity contribution is 7.89. The number of piperazine rings is 1. The van der Waals surface area contributed by atoms with Crippen molar-refractivity contribution in [2.24, 2.45) is 5.92 Å². The molecular weight excluding hydrogens is 378 g/mol. The number of sulfonamides is 1. The fourth-order valence-electron chi connectivity index (χ4n) is 4.05. The van der Waals surface area contributed by atoms with Gasteiger partial charge in [0.25, 0.3) is 10.0 Å². The molecule has 0 saturated carbocycles. The molecule has 5 rings (SSSR count). The van der Waals surface area contributed by atoms with Crippen LogP contribution in [0, 0.1) is 5.92 Å². The highest BCUT2D eigenvalue weighted by atomic mass is 32.2. The van der Waals surface area contributed by atoms with Gasteiger partial charge < -0.3 is 19.7 Å². The van der Waals surface area contributed by atoms with Crippen molar-refractivity contribution in [1.29, 1.82) is 0 Å². The van der Waals surface area contributed by atoms with Gasteiger partial charge in [-0.2, -0.15) is 0 Å². The van der Waals surface area contributed by atoms with E-state index in [0.29, 0.717) is 24.7 Å². The number of hydrogen-bond acceptors (Lipinski definition) is 6. The number of rotatable bonds is 3. The highest BCUT2D eigenvalue weighted by Gasteiger charge is 2.37. The molecule has 1 aromatic carbocycles. The van der Waals surface area contributed by atoms with Crippen molar-refractivity contribution in [2.75, 3.05) is 39.4 Å². The first-order valence-electron chi connectivity index (χ1n) is 9.60. The SMILES string of the molecule is O=S(=O)(c1ccc2c(c1)OCCO2)N1C=CC2C=CC(N3CCNCC3)=CC21. The smallest absolute Gasteiger partial charge is 0.264 e. The minimum absolute atomic E-state index is 0.0543. The van der Waals surface area contributed by atoms with Gasteiger partial charge in [0.15, 0.2) is 11.5 Å². The highest BCUT2D eigenvalue weighted by Crippen LogP contribution is 2.37. The zero-order chi connectivity index (χ0) is 19.1. The molecule has 0 amide bonds. The van der Waals surface area contributed by atoms with E-state index in [1.165, 1.54) is 4.31 Å². The van der Waals surface area contributed by atoms with E-state index in [-0.39, 0.29) is 16.9 Å². The molecule has 2 atom stereocenters. The van der Waals surface area contributed by atoms with E-state index in [9.17, 15) is 8.42 Å². The number of ether oxygens (including phenoxy) is 2. The van der Waals surface area contributed by atoms with Crippen LogP contribution in [0.25, 0.3) is 0 Å². The topological polar surface area (TPSA) is 71.1 Å². The van der Waals surface area contributed by atoms with Crippen molar-refractivity contribution >= 4 is 10.0 Å². The summed E-state index contributed by atoms with van der Waals surface area (Å²) in [6, 6.07) is 4.57. The van der Waals surface area contributed by atoms with Gasteiger partial charge in [-0.3, -0.25) is 4.31 Å². The second-order valence-electron chi connectivity index (χ2n) is 7.24. The molecule has 0 spiro atoms. The molecule has 148 valence electrons. The first kappa shape index (κ1) is 17.6. The number of nitrogens with zero attached hydrogens (tertiary/aromatic N) is 2. The number of allylic oxidation sites excluding steroid dienone is 1. The lowest BCUT2D eigenvalue weighted by atomic mass is 9.95. The Labute approximate surface area is 165 Å². The van der Waals surface area contributed by atoms with Crippen LogP contribution in [0.15, 0.2) is 59.3 Å². The summed E-state index contributed by atoms with van der Waals surface area (Å²) in [5, 5.41) is 3.35. The quantitative estimate of drug-likeness (QED) is 0.824. The van der Waals surface area contributed by atoms with E-state index in [2.05, 4.69) is 28.4 Å². The molecule has 0 radical (unpaired) electrons. The van der Waals surface area contributed by atoms with Gasteiger partial charge in [-0.25, -0.2) is 8.42 Å². The Morgan fingerprint density at radius 2 is 1.82 bits per heavy atom. The lowest BCUT2D eigenvalue weighted by Gasteiger charge is -2.35. The maximum absolute atomic E-state index is 13.4. The maximum atomic E-state index is 13.4. The molecule has 3 heterocycles. The molecular formula is C20H23N3O4S. The van der Waals surface area contributed by atoms with Crippen LogP contribution >= 0.6 is 0 Å². The molecule has 1 saturated heterocycles. The van der Waals surface area contributed by atoms with Gasteiger partial charge in [-0.15, -0.1) is 0 Å². The monoisotopic (exact) mass is 401 g/mol. The zero-order valence-corrected chi connectivity index (χ0v) is 16.3. The Morgan fingerprint density at radius 3 is 2.64 bits per heavy atom. The Hall–Kier alpha value is -2.45. The number of fused-ring (bicyclic) bond motifs is 2. The predicted molar refractivity (Wildman–Crippen MR) is 105 cm³/mol. The summed E-state index contributed by atoms with van der Waals surface area (Å²) in [6.45, 7) is 4.63. The molecule has 7 nitrogen and oxygen atoms in total. The van der Waals surface area contributed by atoms with Gasteiger partial charge in [0.1, 0.15) is 13.2 Å². The van der Waals surface area contributed by atoms with Gasteiger partial charge in [0.2, 0.25) is 0 Å². The predicted octanol–water partition coefficient (Wildman–Crippen LogP) is 1.32. The molecule has 1 aliphatic carbocycles. The number of benzene rings is 1. The second-order valence-corrected chi connectivity index (χ2v) is 9.08. The fraction of sp³-hybridized carbons (Fsp3) is 0.400. The zero-order valence-electron chi connectivity index (χ0n) is 15.5. The maximum Gasteiger partial charge on any atom is 0.264 e. The molecule has 2 unspecified atom stereocenters. The average molecular weight is 401 g/mol. The van der Waals surface area contributed by atoms with E-state index in [0.717, 1.165) is 31.9 Å². The van der Waals surface area contributed by atoms with E-state index in [4.69, 9.17) is 9.47 Å². The Balaban J connectivity index is 1.44. The van der Waals surface area contributed by atoms with Gasteiger partial charge >= 0.3 is 0 Å². The summed E-state index contributed by atoms with van der Waals surface area (Å²) in [5.41, 5.74) is 1.09. The van der Waals surface area contributed by atoms with Gasteiger partial charge in [0, 0.05) is 50.1 Å². The molecule has 0 bridgehead atoms. The van der Waals surface area contributed by atoms with Crippen LogP contribution < -0.4 is 14.8 Å². The summed E-state index contributed by atoms with van der Waals surface area (Å²) < 4.78 is 39.3. The lowest BCUT2D eigenvalue weighted by Crippen LogP contribution is -2.44. The van der Waals surface area contributed by atoms with Crippen LogP contribution in [-0.4, -0.2) is 63.1 Å². The third-order valence-corrected chi connectivity index (χ3v) is 7.32. The molecule has 28 heavy (non-hydrogen) atoms. The van der Waals surface area contributed by atoms with Gasteiger partial charge in [0.05, 0.1) is 10.9 Å². The summed E-state index contributed by atoms with van der Waals surface area (Å²) in [7, 11) is -3.70. The molecule has 0 aromatic heterocycles. The van der Waals surface area contributed by atoms with Gasteiger partial charge in [-0.1, -0.05) is 12.2 Å². The van der Waals surface area contributed by atoms with Crippen LogP contribution in [0.4, 0.5) is 0 Å². The first-order chi connectivity index (χ1) is 13.6. The molecule has 1 fully saturated rings. The Kier molecular flexibility index (Phi) is 4.32. The summed E-state index contributed by atoms with van der Waals surface area (Å²) in [6.07, 6.45) is 9.91. The van der Waals surface area contributed by atoms with Crippen LogP contribution in [0.5, 0.6) is 11.5 Å². The first-order valence-corrected chi connectivity index (χ1v) is 11.0. The minimum Gasteiger partial charge on any atom is -0.486 e. The second kappa shape index (κ2) is 6.86. The summed E-state index contributed by atoms with van der Waals surface area (Å²) in [5.74, 6) is 1.12. The lowest BCUT2D eigenvalue weighted by molar-refractivity contribution is 0.171. The van der Waals surface area contributed by atoms with Crippen molar-refractivity contribution in [3.63, 3.8) is 0 Å². The van der Waals surface area contributed by atoms with Crippen molar-refractivity contribution in [3.8, 4) is 11.5 Å². The standard InChI is InChI=1S/C20H23N3O4S/c24-28(25,17-3-4-19-20(14-17)27-12-11-26-19)23-8-5-15-1-2-16(13-18(15)23)22-9-6-21-7-10-22/h1-5,8,13-15,18,21H,6-7,9-12H2. The fourth-order valence-corrected chi connectivity index (χ4v) is 5.54. The minimum atomic E-state index is -3.70. The van der Waals surface area contributed by atoms with Crippen molar-refractivity contribution in [1.82, 2.24) is 14.5 Å². The third-order valence-electron chi connectivity index (χ3n) is 5.55. The van der Waals surface area contributed by atoms with Gasteiger partial charge in [-0.05, 0) is 24.3 Å². The summed E-state index contributed by atoms with van der Waals surface area (Å²) >= 11 is 0. The molecule has 1 N–H and O–H groups in total. The molecule has 8 heteroatoms. The Bertz CT molecular complexity index is 964. The average Bonchev–Trinajstić information content (AvgIpc) is 3.18. The molecule has 1 aromatic rings. The molecule has 3 aliphatic heterocycles. The Morgan fingerprint density at radius 1 is 1.04 bits per heavy atom. The normalized spacial score (nSPS) is 26.2. The number of nitrogens with one attached hydrogen (secondary N) is 1.